The molecule has 0 aliphatic heterocycles. The molecular weight excluding hydrogens is 226 g/mol. The van der Waals surface area contributed by atoms with Crippen LogP contribution in [0.1, 0.15) is 32.6 Å². The molecule has 1 nitrogen and oxygen atoms in total. The summed E-state index contributed by atoms with van der Waals surface area (Å²) in [6.45, 7) is 2.18. The highest BCUT2D eigenvalue weighted by Gasteiger charge is 1.93. The smallest absolute Gasteiger partial charge is 0.0226 e. The van der Waals surface area contributed by atoms with Gasteiger partial charge < -0.3 is 5.73 Å². The van der Waals surface area contributed by atoms with Gasteiger partial charge in [0.1, 0.15) is 0 Å². The van der Waals surface area contributed by atoms with E-state index in [2.05, 4.69) is 47.2 Å². The van der Waals surface area contributed by atoms with Gasteiger partial charge >= 0.3 is 0 Å². The number of allylic oxidation sites excluding steroid dienone is 3. The van der Waals surface area contributed by atoms with E-state index in [-0.39, 0.29) is 6.04 Å². The van der Waals surface area contributed by atoms with Gasteiger partial charge in [0.05, 0.1) is 0 Å². The molecule has 0 spiro atoms. The normalized spacial score (nSPS) is 14.4. The maximum absolute atomic E-state index is 5.86. The van der Waals surface area contributed by atoms with Gasteiger partial charge in [-0.1, -0.05) is 53.6 Å². The first-order chi connectivity index (χ1) is 6.31. The van der Waals surface area contributed by atoms with Crippen LogP contribution in [-0.2, 0) is 0 Å². The molecule has 76 valence electrons. The number of hydrogen-bond donors (Lipinski definition) is 1. The summed E-state index contributed by atoms with van der Waals surface area (Å²) < 4.78 is 0. The third-order valence-corrected chi connectivity index (χ3v) is 2.13. The Morgan fingerprint density at radius 1 is 1.23 bits per heavy atom. The third kappa shape index (κ3) is 9.84. The minimum absolute atomic E-state index is 0.228. The van der Waals surface area contributed by atoms with Crippen molar-refractivity contribution in [2.75, 3.05) is 5.33 Å². The molecule has 0 aliphatic carbocycles. The molecule has 0 amide bonds. The standard InChI is InChI=1S/C11H20BrN/c1-2-3-5-8-11(13)9-6-4-7-10-12/h4-5,7-8,11H,2-3,6,9-10,13H2,1H3/b7-4+,8-5+. The van der Waals surface area contributed by atoms with Crippen molar-refractivity contribution in [1.82, 2.24) is 0 Å². The van der Waals surface area contributed by atoms with Crippen LogP contribution in [0.25, 0.3) is 0 Å². The number of alkyl halides is 1. The van der Waals surface area contributed by atoms with Crippen molar-refractivity contribution in [2.24, 2.45) is 5.73 Å². The van der Waals surface area contributed by atoms with Gasteiger partial charge in [0, 0.05) is 11.4 Å². The Morgan fingerprint density at radius 3 is 2.62 bits per heavy atom. The highest BCUT2D eigenvalue weighted by Crippen LogP contribution is 1.99. The Kier molecular flexibility index (Phi) is 9.94. The molecule has 2 heteroatoms. The van der Waals surface area contributed by atoms with E-state index in [0.29, 0.717) is 0 Å². The fourth-order valence-corrected chi connectivity index (χ4v) is 1.27. The van der Waals surface area contributed by atoms with Crippen LogP contribution in [0.4, 0.5) is 0 Å². The Hall–Kier alpha value is -0.0800. The van der Waals surface area contributed by atoms with Crippen molar-refractivity contribution in [1.29, 1.82) is 0 Å². The van der Waals surface area contributed by atoms with E-state index in [0.717, 1.165) is 24.6 Å². The summed E-state index contributed by atoms with van der Waals surface area (Å²) >= 11 is 3.34. The quantitative estimate of drug-likeness (QED) is 0.540. The summed E-state index contributed by atoms with van der Waals surface area (Å²) in [5, 5.41) is 0.938. The molecule has 0 aromatic rings. The average Bonchev–Trinajstić information content (AvgIpc) is 2.13. The number of hydrogen-bond acceptors (Lipinski definition) is 1. The van der Waals surface area contributed by atoms with Crippen LogP contribution in [0, 0.1) is 0 Å². The van der Waals surface area contributed by atoms with Gasteiger partial charge in [0.15, 0.2) is 0 Å². The van der Waals surface area contributed by atoms with Crippen molar-refractivity contribution >= 4 is 15.9 Å². The molecule has 0 aliphatic rings. The second kappa shape index (κ2) is 10.0. The SMILES string of the molecule is CCC/C=C/C(N)CC/C=C/CBr. The van der Waals surface area contributed by atoms with Crippen LogP contribution in [0.2, 0.25) is 0 Å². The topological polar surface area (TPSA) is 26.0 Å². The largest absolute Gasteiger partial charge is 0.324 e. The lowest BCUT2D eigenvalue weighted by Crippen LogP contribution is -2.15. The minimum Gasteiger partial charge on any atom is -0.324 e. The van der Waals surface area contributed by atoms with E-state index in [4.69, 9.17) is 5.73 Å². The van der Waals surface area contributed by atoms with Crippen LogP contribution in [0.15, 0.2) is 24.3 Å². The fourth-order valence-electron chi connectivity index (χ4n) is 1.00. The van der Waals surface area contributed by atoms with Crippen LogP contribution >= 0.6 is 15.9 Å². The number of rotatable bonds is 7. The molecule has 2 N–H and O–H groups in total. The molecule has 0 saturated heterocycles. The molecule has 0 heterocycles. The second-order valence-corrected chi connectivity index (χ2v) is 3.73. The summed E-state index contributed by atoms with van der Waals surface area (Å²) in [6, 6.07) is 0.228. The molecule has 0 bridgehead atoms. The first-order valence-corrected chi connectivity index (χ1v) is 6.06. The zero-order valence-corrected chi connectivity index (χ0v) is 9.96. The zero-order valence-electron chi connectivity index (χ0n) is 8.38. The first kappa shape index (κ1) is 12.9. The van der Waals surface area contributed by atoms with E-state index in [1.807, 2.05) is 0 Å². The van der Waals surface area contributed by atoms with Gasteiger partial charge in [-0.2, -0.15) is 0 Å². The lowest BCUT2D eigenvalue weighted by molar-refractivity contribution is 0.729. The molecule has 1 atom stereocenters. The van der Waals surface area contributed by atoms with Crippen molar-refractivity contribution < 1.29 is 0 Å². The maximum Gasteiger partial charge on any atom is 0.0226 e. The van der Waals surface area contributed by atoms with Crippen molar-refractivity contribution in [3.8, 4) is 0 Å². The Morgan fingerprint density at radius 2 is 2.00 bits per heavy atom. The van der Waals surface area contributed by atoms with Gasteiger partial charge in [-0.05, 0) is 19.3 Å². The maximum atomic E-state index is 5.86. The molecular formula is C11H20BrN. The predicted octanol–water partition coefficient (Wildman–Crippen LogP) is 3.40. The lowest BCUT2D eigenvalue weighted by atomic mass is 10.1. The number of halogens is 1. The zero-order chi connectivity index (χ0) is 9.94. The molecule has 0 fully saturated rings. The molecule has 13 heavy (non-hydrogen) atoms. The average molecular weight is 246 g/mol. The van der Waals surface area contributed by atoms with Gasteiger partial charge in [0.2, 0.25) is 0 Å². The third-order valence-electron chi connectivity index (χ3n) is 1.76. The highest BCUT2D eigenvalue weighted by atomic mass is 79.9. The minimum atomic E-state index is 0.228. The Balaban J connectivity index is 3.39. The van der Waals surface area contributed by atoms with Crippen LogP contribution in [-0.4, -0.2) is 11.4 Å². The molecule has 0 aromatic heterocycles. The van der Waals surface area contributed by atoms with Gasteiger partial charge in [-0.25, -0.2) is 0 Å². The predicted molar refractivity (Wildman–Crippen MR) is 64.2 cm³/mol. The van der Waals surface area contributed by atoms with Gasteiger partial charge in [0.25, 0.3) is 0 Å². The summed E-state index contributed by atoms with van der Waals surface area (Å²) in [5.41, 5.74) is 5.86. The first-order valence-electron chi connectivity index (χ1n) is 4.94. The molecule has 1 unspecified atom stereocenters. The van der Waals surface area contributed by atoms with E-state index in [9.17, 15) is 0 Å². The van der Waals surface area contributed by atoms with E-state index >= 15 is 0 Å². The molecule has 0 radical (unpaired) electrons. The van der Waals surface area contributed by atoms with Crippen LogP contribution < -0.4 is 5.73 Å². The number of nitrogens with two attached hydrogens (primary N) is 1. The van der Waals surface area contributed by atoms with E-state index in [1.54, 1.807) is 0 Å². The fraction of sp³-hybridized carbons (Fsp3) is 0.636. The summed E-state index contributed by atoms with van der Waals surface area (Å²) in [7, 11) is 0. The molecule has 0 aromatic carbocycles. The summed E-state index contributed by atoms with van der Waals surface area (Å²) in [4.78, 5) is 0. The highest BCUT2D eigenvalue weighted by molar-refractivity contribution is 9.09. The van der Waals surface area contributed by atoms with Crippen LogP contribution in [0.5, 0.6) is 0 Å². The second-order valence-electron chi connectivity index (χ2n) is 3.08. The Bertz CT molecular complexity index is 152. The summed E-state index contributed by atoms with van der Waals surface area (Å²) in [5.74, 6) is 0. The number of unbranched alkanes of at least 4 members (excludes halogenated alkanes) is 1. The van der Waals surface area contributed by atoms with Gasteiger partial charge in [-0.15, -0.1) is 0 Å². The van der Waals surface area contributed by atoms with Crippen LogP contribution in [0.3, 0.4) is 0 Å². The monoisotopic (exact) mass is 245 g/mol. The van der Waals surface area contributed by atoms with Gasteiger partial charge in [-0.3, -0.25) is 0 Å². The van der Waals surface area contributed by atoms with E-state index in [1.165, 1.54) is 6.42 Å². The Labute approximate surface area is 90.2 Å². The lowest BCUT2D eigenvalue weighted by Gasteiger charge is -2.02. The molecule has 0 rings (SSSR count). The van der Waals surface area contributed by atoms with Crippen molar-refractivity contribution in [3.05, 3.63) is 24.3 Å². The molecule has 0 saturated carbocycles. The van der Waals surface area contributed by atoms with Crippen molar-refractivity contribution in [2.45, 2.75) is 38.6 Å². The van der Waals surface area contributed by atoms with Crippen molar-refractivity contribution in [3.63, 3.8) is 0 Å². The van der Waals surface area contributed by atoms with E-state index < -0.39 is 0 Å². The summed E-state index contributed by atoms with van der Waals surface area (Å²) in [6.07, 6.45) is 13.0.